The van der Waals surface area contributed by atoms with E-state index in [1.54, 1.807) is 18.4 Å². The smallest absolute Gasteiger partial charge is 0.255 e. The Kier molecular flexibility index (Phi) is 5.51. The molecule has 0 aliphatic rings. The van der Waals surface area contributed by atoms with Gasteiger partial charge in [-0.2, -0.15) is 0 Å². The van der Waals surface area contributed by atoms with Gasteiger partial charge in [0.15, 0.2) is 11.5 Å². The van der Waals surface area contributed by atoms with Gasteiger partial charge in [0.25, 0.3) is 5.91 Å². The van der Waals surface area contributed by atoms with E-state index in [4.69, 9.17) is 18.6 Å². The van der Waals surface area contributed by atoms with Gasteiger partial charge in [-0.3, -0.25) is 4.79 Å². The quantitative estimate of drug-likeness (QED) is 0.849. The number of furan rings is 1. The van der Waals surface area contributed by atoms with Crippen LogP contribution in [-0.4, -0.2) is 33.3 Å². The summed E-state index contributed by atoms with van der Waals surface area (Å²) in [6, 6.07) is 6.84. The molecular weight excluding hydrogens is 298 g/mol. The van der Waals surface area contributed by atoms with Gasteiger partial charge in [-0.1, -0.05) is 0 Å². The number of hydrogen-bond donors (Lipinski definition) is 1. The molecule has 1 atom stereocenters. The zero-order chi connectivity index (χ0) is 16.8. The molecule has 1 aromatic carbocycles. The Hall–Kier alpha value is -2.63. The van der Waals surface area contributed by atoms with Gasteiger partial charge in [0, 0.05) is 24.6 Å². The van der Waals surface area contributed by atoms with E-state index >= 15 is 0 Å². The van der Waals surface area contributed by atoms with Crippen LogP contribution in [0.1, 0.15) is 23.0 Å². The highest BCUT2D eigenvalue weighted by Gasteiger charge is 2.19. The van der Waals surface area contributed by atoms with Crippen molar-refractivity contribution in [3.05, 3.63) is 41.9 Å². The first kappa shape index (κ1) is 16.7. The van der Waals surface area contributed by atoms with Crippen LogP contribution in [0.3, 0.4) is 0 Å². The van der Waals surface area contributed by atoms with Crippen LogP contribution < -0.4 is 19.5 Å². The summed E-state index contributed by atoms with van der Waals surface area (Å²) in [6.07, 6.45) is 2.22. The fourth-order valence-electron chi connectivity index (χ4n) is 2.29. The summed E-state index contributed by atoms with van der Waals surface area (Å²) >= 11 is 0. The summed E-state index contributed by atoms with van der Waals surface area (Å²) in [4.78, 5) is 12.5. The first-order valence-corrected chi connectivity index (χ1v) is 7.22. The van der Waals surface area contributed by atoms with Gasteiger partial charge in [0.05, 0.1) is 33.2 Å². The van der Waals surface area contributed by atoms with Gasteiger partial charge in [0.2, 0.25) is 0 Å². The van der Waals surface area contributed by atoms with Gasteiger partial charge in [-0.25, -0.2) is 0 Å². The summed E-state index contributed by atoms with van der Waals surface area (Å²) < 4.78 is 21.0. The largest absolute Gasteiger partial charge is 0.496 e. The number of hydrogen-bond acceptors (Lipinski definition) is 5. The lowest BCUT2D eigenvalue weighted by Crippen LogP contribution is -2.34. The third kappa shape index (κ3) is 3.97. The number of carbonyl (C=O) groups excluding carboxylic acids is 1. The van der Waals surface area contributed by atoms with Crippen molar-refractivity contribution in [1.29, 1.82) is 0 Å². The van der Waals surface area contributed by atoms with E-state index in [-0.39, 0.29) is 11.9 Å². The Balaban J connectivity index is 2.17. The number of nitrogens with one attached hydrogen (secondary N) is 1. The fourth-order valence-corrected chi connectivity index (χ4v) is 2.29. The predicted molar refractivity (Wildman–Crippen MR) is 85.4 cm³/mol. The molecule has 124 valence electrons. The van der Waals surface area contributed by atoms with Crippen LogP contribution in [0.25, 0.3) is 0 Å². The Morgan fingerprint density at radius 1 is 1.13 bits per heavy atom. The molecule has 2 aromatic rings. The molecule has 6 nitrogen and oxygen atoms in total. The molecular formula is C17H21NO5. The summed E-state index contributed by atoms with van der Waals surface area (Å²) in [6.45, 7) is 1.91. The second-order valence-electron chi connectivity index (χ2n) is 5.07. The van der Waals surface area contributed by atoms with Crippen LogP contribution in [0.5, 0.6) is 17.2 Å². The monoisotopic (exact) mass is 319 g/mol. The van der Waals surface area contributed by atoms with Gasteiger partial charge in [-0.15, -0.1) is 0 Å². The second kappa shape index (κ2) is 7.58. The average molecular weight is 319 g/mol. The number of methoxy groups -OCH3 is 3. The minimum Gasteiger partial charge on any atom is -0.496 e. The van der Waals surface area contributed by atoms with Crippen LogP contribution in [0.2, 0.25) is 0 Å². The van der Waals surface area contributed by atoms with Crippen molar-refractivity contribution in [3.63, 3.8) is 0 Å². The average Bonchev–Trinajstić information content (AvgIpc) is 3.05. The third-order valence-electron chi connectivity index (χ3n) is 3.42. The molecule has 0 radical (unpaired) electrons. The predicted octanol–water partition coefficient (Wildman–Crippen LogP) is 2.67. The van der Waals surface area contributed by atoms with Crippen molar-refractivity contribution in [2.75, 3.05) is 21.3 Å². The van der Waals surface area contributed by atoms with Crippen molar-refractivity contribution in [3.8, 4) is 17.2 Å². The minimum absolute atomic E-state index is 0.0912. The van der Waals surface area contributed by atoms with Crippen LogP contribution in [0.15, 0.2) is 34.9 Å². The molecule has 0 bridgehead atoms. The standard InChI is InChI=1S/C17H21NO5/c1-11(8-12-6-5-7-23-12)18-17(19)13-9-15(21-3)16(22-4)10-14(13)20-2/h5-7,9-11H,8H2,1-4H3,(H,18,19). The van der Waals surface area contributed by atoms with Gasteiger partial charge >= 0.3 is 0 Å². The normalized spacial score (nSPS) is 11.7. The van der Waals surface area contributed by atoms with E-state index in [9.17, 15) is 4.79 Å². The molecule has 1 aromatic heterocycles. The lowest BCUT2D eigenvalue weighted by Gasteiger charge is -2.16. The number of rotatable bonds is 7. The number of amides is 1. The maximum absolute atomic E-state index is 12.5. The van der Waals surface area contributed by atoms with E-state index in [0.29, 0.717) is 29.2 Å². The Labute approximate surface area is 135 Å². The molecule has 1 amide bonds. The Morgan fingerprint density at radius 3 is 2.35 bits per heavy atom. The second-order valence-corrected chi connectivity index (χ2v) is 5.07. The van der Waals surface area contributed by atoms with Crippen LogP contribution in [-0.2, 0) is 6.42 Å². The molecule has 1 heterocycles. The molecule has 0 saturated carbocycles. The molecule has 0 spiro atoms. The van der Waals surface area contributed by atoms with Crippen LogP contribution in [0.4, 0.5) is 0 Å². The fraction of sp³-hybridized carbons (Fsp3) is 0.353. The molecule has 0 aliphatic carbocycles. The summed E-state index contributed by atoms with van der Waals surface area (Å²) in [5.41, 5.74) is 0.386. The van der Waals surface area contributed by atoms with Crippen LogP contribution >= 0.6 is 0 Å². The van der Waals surface area contributed by atoms with Crippen LogP contribution in [0, 0.1) is 0 Å². The zero-order valence-corrected chi connectivity index (χ0v) is 13.7. The topological polar surface area (TPSA) is 69.9 Å². The van der Waals surface area contributed by atoms with E-state index in [1.807, 2.05) is 19.1 Å². The molecule has 1 unspecified atom stereocenters. The van der Waals surface area contributed by atoms with Gasteiger partial charge < -0.3 is 23.9 Å². The van der Waals surface area contributed by atoms with E-state index in [1.165, 1.54) is 21.3 Å². The highest BCUT2D eigenvalue weighted by molar-refractivity contribution is 5.98. The number of ether oxygens (including phenoxy) is 3. The zero-order valence-electron chi connectivity index (χ0n) is 13.7. The van der Waals surface area contributed by atoms with Crippen molar-refractivity contribution >= 4 is 5.91 Å². The molecule has 1 N–H and O–H groups in total. The van der Waals surface area contributed by atoms with Gasteiger partial charge in [0.1, 0.15) is 11.5 Å². The van der Waals surface area contributed by atoms with E-state index < -0.39 is 0 Å². The first-order chi connectivity index (χ1) is 11.1. The maximum atomic E-state index is 12.5. The van der Waals surface area contributed by atoms with E-state index in [0.717, 1.165) is 5.76 Å². The summed E-state index contributed by atoms with van der Waals surface area (Å²) in [7, 11) is 4.55. The summed E-state index contributed by atoms with van der Waals surface area (Å²) in [5, 5.41) is 2.92. The molecule has 0 aliphatic heterocycles. The Bertz CT molecular complexity index is 651. The minimum atomic E-state index is -0.248. The SMILES string of the molecule is COc1cc(OC)c(C(=O)NC(C)Cc2ccco2)cc1OC. The molecule has 0 saturated heterocycles. The van der Waals surface area contributed by atoms with Gasteiger partial charge in [-0.05, 0) is 19.1 Å². The molecule has 23 heavy (non-hydrogen) atoms. The molecule has 0 fully saturated rings. The van der Waals surface area contributed by atoms with E-state index in [2.05, 4.69) is 5.32 Å². The first-order valence-electron chi connectivity index (χ1n) is 7.22. The van der Waals surface area contributed by atoms with Crippen molar-refractivity contribution < 1.29 is 23.4 Å². The number of carbonyl (C=O) groups is 1. The van der Waals surface area contributed by atoms with Crippen molar-refractivity contribution in [2.45, 2.75) is 19.4 Å². The number of benzene rings is 1. The molecule has 6 heteroatoms. The maximum Gasteiger partial charge on any atom is 0.255 e. The molecule has 2 rings (SSSR count). The van der Waals surface area contributed by atoms with Crippen molar-refractivity contribution in [1.82, 2.24) is 5.32 Å². The lowest BCUT2D eigenvalue weighted by atomic mass is 10.1. The third-order valence-corrected chi connectivity index (χ3v) is 3.42. The highest BCUT2D eigenvalue weighted by Crippen LogP contribution is 2.34. The van der Waals surface area contributed by atoms with Crippen molar-refractivity contribution in [2.24, 2.45) is 0 Å². The summed E-state index contributed by atoms with van der Waals surface area (Å²) in [5.74, 6) is 1.96. The lowest BCUT2D eigenvalue weighted by molar-refractivity contribution is 0.0935. The highest BCUT2D eigenvalue weighted by atomic mass is 16.5. The Morgan fingerprint density at radius 2 is 1.78 bits per heavy atom.